The topological polar surface area (TPSA) is 24.9 Å². The molecular formula is C12H17FN2. The smallest absolute Gasteiger partial charge is 0.214 e. The van der Waals surface area contributed by atoms with Crippen LogP contribution in [0.4, 0.5) is 10.1 Å². The molecule has 1 aromatic rings. The number of hydrogen-bond acceptors (Lipinski definition) is 2. The quantitative estimate of drug-likeness (QED) is 0.751. The van der Waals surface area contributed by atoms with Gasteiger partial charge in [-0.2, -0.15) is 4.39 Å². The summed E-state index contributed by atoms with van der Waals surface area (Å²) in [7, 11) is 0. The number of halogens is 1. The summed E-state index contributed by atoms with van der Waals surface area (Å²) in [5, 5.41) is 3.29. The number of anilines is 1. The molecule has 0 aliphatic heterocycles. The molecule has 1 N–H and O–H groups in total. The van der Waals surface area contributed by atoms with E-state index in [4.69, 9.17) is 0 Å². The van der Waals surface area contributed by atoms with Gasteiger partial charge in [0, 0.05) is 24.5 Å². The molecule has 15 heavy (non-hydrogen) atoms. The lowest BCUT2D eigenvalue weighted by Gasteiger charge is -2.15. The Bertz CT molecular complexity index is 334. The van der Waals surface area contributed by atoms with Crippen LogP contribution in [0.15, 0.2) is 18.3 Å². The first-order valence-electron chi connectivity index (χ1n) is 5.60. The van der Waals surface area contributed by atoms with Crippen molar-refractivity contribution in [1.29, 1.82) is 0 Å². The first-order valence-corrected chi connectivity index (χ1v) is 5.60. The van der Waals surface area contributed by atoms with E-state index in [0.717, 1.165) is 12.2 Å². The van der Waals surface area contributed by atoms with Gasteiger partial charge in [0.15, 0.2) is 0 Å². The van der Waals surface area contributed by atoms with E-state index in [1.807, 2.05) is 6.07 Å². The van der Waals surface area contributed by atoms with Crippen molar-refractivity contribution in [1.82, 2.24) is 4.98 Å². The Morgan fingerprint density at radius 2 is 2.33 bits per heavy atom. The van der Waals surface area contributed by atoms with E-state index < -0.39 is 5.95 Å². The number of hydrogen-bond donors (Lipinski definition) is 1. The van der Waals surface area contributed by atoms with Gasteiger partial charge in [0.1, 0.15) is 0 Å². The number of nitrogens with one attached hydrogen (secondary N) is 1. The Labute approximate surface area is 89.9 Å². The average molecular weight is 208 g/mol. The molecular weight excluding hydrogens is 191 g/mol. The number of nitrogens with zero attached hydrogens (tertiary/aromatic N) is 1. The van der Waals surface area contributed by atoms with Crippen LogP contribution < -0.4 is 5.32 Å². The highest BCUT2D eigenvalue weighted by atomic mass is 19.1. The van der Waals surface area contributed by atoms with Gasteiger partial charge in [-0.3, -0.25) is 0 Å². The van der Waals surface area contributed by atoms with Crippen molar-refractivity contribution in [2.75, 3.05) is 11.9 Å². The normalized spacial score (nSPS) is 17.5. The van der Waals surface area contributed by atoms with Crippen LogP contribution in [0.25, 0.3) is 0 Å². The van der Waals surface area contributed by atoms with E-state index >= 15 is 0 Å². The molecule has 0 atom stereocenters. The molecule has 0 aromatic carbocycles. The van der Waals surface area contributed by atoms with Crippen LogP contribution in [0.1, 0.15) is 32.6 Å². The Morgan fingerprint density at radius 1 is 1.53 bits per heavy atom. The van der Waals surface area contributed by atoms with Crippen LogP contribution in [0.5, 0.6) is 0 Å². The van der Waals surface area contributed by atoms with E-state index in [1.54, 1.807) is 0 Å². The van der Waals surface area contributed by atoms with Gasteiger partial charge < -0.3 is 5.32 Å². The maximum absolute atomic E-state index is 12.8. The summed E-state index contributed by atoms with van der Waals surface area (Å²) in [5.74, 6) is -0.416. The van der Waals surface area contributed by atoms with Gasteiger partial charge >= 0.3 is 0 Å². The zero-order valence-electron chi connectivity index (χ0n) is 9.09. The van der Waals surface area contributed by atoms with Crippen molar-refractivity contribution in [3.8, 4) is 0 Å². The predicted molar refractivity (Wildman–Crippen MR) is 59.3 cm³/mol. The van der Waals surface area contributed by atoms with Crippen LogP contribution in [-0.2, 0) is 0 Å². The lowest BCUT2D eigenvalue weighted by molar-refractivity contribution is 0.485. The highest BCUT2D eigenvalue weighted by molar-refractivity contribution is 5.41. The average Bonchev–Trinajstić information content (AvgIpc) is 2.97. The molecule has 1 fully saturated rings. The van der Waals surface area contributed by atoms with Gasteiger partial charge in [0.2, 0.25) is 5.95 Å². The summed E-state index contributed by atoms with van der Waals surface area (Å²) in [6.07, 6.45) is 6.61. The number of aromatic nitrogens is 1. The van der Waals surface area contributed by atoms with Gasteiger partial charge in [-0.1, -0.05) is 13.3 Å². The summed E-state index contributed by atoms with van der Waals surface area (Å²) < 4.78 is 12.8. The molecule has 2 rings (SSSR count). The van der Waals surface area contributed by atoms with Crippen LogP contribution in [0.3, 0.4) is 0 Å². The summed E-state index contributed by atoms with van der Waals surface area (Å²) >= 11 is 0. The molecule has 1 heterocycles. The maximum atomic E-state index is 12.8. The van der Waals surface area contributed by atoms with Crippen molar-refractivity contribution in [3.63, 3.8) is 0 Å². The highest BCUT2D eigenvalue weighted by Crippen LogP contribution is 2.49. The standard InChI is InChI=1S/C12H17FN2/c1-2-4-12(5-6-12)9-15-10-3-7-14-11(13)8-10/h3,7-8H,2,4-6,9H2,1H3,(H,14,15). The second-order valence-electron chi connectivity index (χ2n) is 4.47. The SMILES string of the molecule is CCCC1(CNc2ccnc(F)c2)CC1. The molecule has 1 saturated carbocycles. The van der Waals surface area contributed by atoms with Crippen molar-refractivity contribution in [2.45, 2.75) is 32.6 Å². The Balaban J connectivity index is 1.88. The molecule has 3 heteroatoms. The second kappa shape index (κ2) is 4.17. The minimum Gasteiger partial charge on any atom is -0.384 e. The second-order valence-corrected chi connectivity index (χ2v) is 4.47. The summed E-state index contributed by atoms with van der Waals surface area (Å²) in [4.78, 5) is 3.53. The van der Waals surface area contributed by atoms with Gasteiger partial charge in [-0.15, -0.1) is 0 Å². The minimum atomic E-state index is -0.416. The first-order chi connectivity index (χ1) is 7.24. The van der Waals surface area contributed by atoms with E-state index in [9.17, 15) is 4.39 Å². The van der Waals surface area contributed by atoms with E-state index in [2.05, 4.69) is 17.2 Å². The van der Waals surface area contributed by atoms with Gasteiger partial charge in [0.05, 0.1) is 0 Å². The van der Waals surface area contributed by atoms with Crippen molar-refractivity contribution in [2.24, 2.45) is 5.41 Å². The fraction of sp³-hybridized carbons (Fsp3) is 0.583. The molecule has 82 valence electrons. The summed E-state index contributed by atoms with van der Waals surface area (Å²) in [6, 6.07) is 3.26. The minimum absolute atomic E-state index is 0.416. The third kappa shape index (κ3) is 2.67. The van der Waals surface area contributed by atoms with Gasteiger partial charge in [0.25, 0.3) is 0 Å². The van der Waals surface area contributed by atoms with Crippen LogP contribution in [0.2, 0.25) is 0 Å². The molecule has 0 amide bonds. The van der Waals surface area contributed by atoms with Crippen LogP contribution in [0, 0.1) is 11.4 Å². The van der Waals surface area contributed by atoms with Crippen molar-refractivity contribution >= 4 is 5.69 Å². The Kier molecular flexibility index (Phi) is 2.89. The molecule has 2 nitrogen and oxygen atoms in total. The van der Waals surface area contributed by atoms with Crippen LogP contribution in [-0.4, -0.2) is 11.5 Å². The van der Waals surface area contributed by atoms with Crippen LogP contribution >= 0.6 is 0 Å². The fourth-order valence-electron chi connectivity index (χ4n) is 2.02. The van der Waals surface area contributed by atoms with Crippen molar-refractivity contribution in [3.05, 3.63) is 24.3 Å². The molecule has 0 unspecified atom stereocenters. The molecule has 1 aliphatic rings. The zero-order chi connectivity index (χ0) is 10.7. The van der Waals surface area contributed by atoms with E-state index in [-0.39, 0.29) is 0 Å². The molecule has 1 aliphatic carbocycles. The van der Waals surface area contributed by atoms with Crippen molar-refractivity contribution < 1.29 is 4.39 Å². The largest absolute Gasteiger partial charge is 0.384 e. The molecule has 1 aromatic heterocycles. The number of pyridine rings is 1. The third-order valence-corrected chi connectivity index (χ3v) is 3.13. The predicted octanol–water partition coefficient (Wildman–Crippen LogP) is 3.21. The lowest BCUT2D eigenvalue weighted by Crippen LogP contribution is -2.15. The molecule has 0 spiro atoms. The fourth-order valence-corrected chi connectivity index (χ4v) is 2.02. The zero-order valence-corrected chi connectivity index (χ0v) is 9.09. The highest BCUT2D eigenvalue weighted by Gasteiger charge is 2.40. The Morgan fingerprint density at radius 3 is 2.93 bits per heavy atom. The maximum Gasteiger partial charge on any atom is 0.214 e. The summed E-state index contributed by atoms with van der Waals surface area (Å²) in [5.41, 5.74) is 1.33. The lowest BCUT2D eigenvalue weighted by atomic mass is 10.0. The number of rotatable bonds is 5. The molecule has 0 saturated heterocycles. The van der Waals surface area contributed by atoms with E-state index in [0.29, 0.717) is 5.41 Å². The molecule has 0 bridgehead atoms. The molecule has 0 radical (unpaired) electrons. The summed E-state index contributed by atoms with van der Waals surface area (Å²) in [6.45, 7) is 3.18. The van der Waals surface area contributed by atoms with Gasteiger partial charge in [-0.05, 0) is 30.7 Å². The first kappa shape index (κ1) is 10.4. The Hall–Kier alpha value is -1.12. The monoisotopic (exact) mass is 208 g/mol. The third-order valence-electron chi connectivity index (χ3n) is 3.13. The van der Waals surface area contributed by atoms with Gasteiger partial charge in [-0.25, -0.2) is 4.98 Å². The van der Waals surface area contributed by atoms with E-state index in [1.165, 1.54) is 37.9 Å².